The second-order valence-corrected chi connectivity index (χ2v) is 4.97. The van der Waals surface area contributed by atoms with Gasteiger partial charge in [-0.1, -0.05) is 0 Å². The summed E-state index contributed by atoms with van der Waals surface area (Å²) in [6.45, 7) is 0. The van der Waals surface area contributed by atoms with Gasteiger partial charge >= 0.3 is 5.97 Å². The maximum absolute atomic E-state index is 11.6. The molecule has 0 spiro atoms. The van der Waals surface area contributed by atoms with E-state index in [1.165, 1.54) is 0 Å². The van der Waals surface area contributed by atoms with Crippen LogP contribution in [0.3, 0.4) is 0 Å². The van der Waals surface area contributed by atoms with Crippen molar-refractivity contribution in [3.8, 4) is 5.75 Å². The van der Waals surface area contributed by atoms with Crippen LogP contribution in [0.4, 0.5) is 0 Å². The molecular weight excluding hydrogens is 387 g/mol. The van der Waals surface area contributed by atoms with E-state index < -0.39 is 5.97 Å². The zero-order valence-electron chi connectivity index (χ0n) is 7.94. The summed E-state index contributed by atoms with van der Waals surface area (Å²) in [7, 11) is 0. The van der Waals surface area contributed by atoms with Gasteiger partial charge in [-0.3, -0.25) is 0 Å². The zero-order valence-corrected chi connectivity index (χ0v) is 11.7. The van der Waals surface area contributed by atoms with Crippen LogP contribution in [0.25, 0.3) is 0 Å². The van der Waals surface area contributed by atoms with Crippen molar-refractivity contribution < 1.29 is 13.9 Å². The summed E-state index contributed by atoms with van der Waals surface area (Å²) in [5, 5.41) is 0. The van der Waals surface area contributed by atoms with Crippen LogP contribution in [0.15, 0.2) is 45.5 Å². The molecule has 3 nitrogen and oxygen atoms in total. The number of hydrogen-bond acceptors (Lipinski definition) is 3. The summed E-state index contributed by atoms with van der Waals surface area (Å²) in [5.41, 5.74) is 0. The Bertz CT molecular complexity index is 504. The molecule has 0 unspecified atom stereocenters. The number of hydrogen-bond donors (Lipinski definition) is 0. The van der Waals surface area contributed by atoms with Gasteiger partial charge in [0, 0.05) is 3.57 Å². The van der Waals surface area contributed by atoms with E-state index >= 15 is 0 Å². The second-order valence-electron chi connectivity index (χ2n) is 2.95. The number of furan rings is 1. The topological polar surface area (TPSA) is 39.4 Å². The van der Waals surface area contributed by atoms with Gasteiger partial charge in [0.2, 0.25) is 5.76 Å². The van der Waals surface area contributed by atoms with Gasteiger partial charge < -0.3 is 9.15 Å². The van der Waals surface area contributed by atoms with Crippen LogP contribution in [-0.4, -0.2) is 5.97 Å². The lowest BCUT2D eigenvalue weighted by molar-refractivity contribution is 0.0700. The normalized spacial score (nSPS) is 10.1. The highest BCUT2D eigenvalue weighted by Gasteiger charge is 2.12. The molecule has 0 amide bonds. The SMILES string of the molecule is O=C(Oc1ccc(I)cc1)c1ccc(Br)o1. The van der Waals surface area contributed by atoms with Gasteiger partial charge in [-0.15, -0.1) is 0 Å². The first-order valence-corrected chi connectivity index (χ1v) is 6.25. The molecule has 1 aromatic carbocycles. The molecule has 2 rings (SSSR count). The molecular formula is C11H6BrIO3. The molecule has 0 bridgehead atoms. The Morgan fingerprint density at radius 2 is 1.88 bits per heavy atom. The van der Waals surface area contributed by atoms with Crippen molar-refractivity contribution in [3.05, 3.63) is 50.4 Å². The van der Waals surface area contributed by atoms with Crippen molar-refractivity contribution in [3.63, 3.8) is 0 Å². The smallest absolute Gasteiger partial charge is 0.379 e. The molecule has 5 heteroatoms. The largest absolute Gasteiger partial charge is 0.442 e. The Morgan fingerprint density at radius 1 is 1.19 bits per heavy atom. The van der Waals surface area contributed by atoms with Gasteiger partial charge in [0.25, 0.3) is 0 Å². The first-order valence-electron chi connectivity index (χ1n) is 4.38. The van der Waals surface area contributed by atoms with Gasteiger partial charge in [0.15, 0.2) is 4.67 Å². The lowest BCUT2D eigenvalue weighted by atomic mass is 10.3. The monoisotopic (exact) mass is 392 g/mol. The van der Waals surface area contributed by atoms with Crippen LogP contribution in [0, 0.1) is 3.57 Å². The Kier molecular flexibility index (Phi) is 3.65. The summed E-state index contributed by atoms with van der Waals surface area (Å²) in [5.74, 6) is 0.162. The molecule has 0 saturated heterocycles. The van der Waals surface area contributed by atoms with E-state index in [9.17, 15) is 4.79 Å². The van der Waals surface area contributed by atoms with Crippen LogP contribution in [-0.2, 0) is 0 Å². The Morgan fingerprint density at radius 3 is 2.44 bits per heavy atom. The Labute approximate surface area is 114 Å². The fraction of sp³-hybridized carbons (Fsp3) is 0. The van der Waals surface area contributed by atoms with Crippen molar-refractivity contribution in [2.24, 2.45) is 0 Å². The molecule has 1 aromatic heterocycles. The van der Waals surface area contributed by atoms with Crippen LogP contribution in [0.2, 0.25) is 0 Å². The van der Waals surface area contributed by atoms with E-state index in [2.05, 4.69) is 38.5 Å². The molecule has 2 aromatic rings. The summed E-state index contributed by atoms with van der Waals surface area (Å²) >= 11 is 5.30. The van der Waals surface area contributed by atoms with Crippen molar-refractivity contribution in [2.45, 2.75) is 0 Å². The highest BCUT2D eigenvalue weighted by atomic mass is 127. The second kappa shape index (κ2) is 5.01. The van der Waals surface area contributed by atoms with E-state index in [4.69, 9.17) is 9.15 Å². The van der Waals surface area contributed by atoms with Gasteiger partial charge in [-0.25, -0.2) is 4.79 Å². The van der Waals surface area contributed by atoms with Gasteiger partial charge in [-0.2, -0.15) is 0 Å². The average Bonchev–Trinajstić information content (AvgIpc) is 2.68. The highest BCUT2D eigenvalue weighted by molar-refractivity contribution is 14.1. The highest BCUT2D eigenvalue weighted by Crippen LogP contribution is 2.18. The van der Waals surface area contributed by atoms with E-state index in [0.717, 1.165) is 3.57 Å². The summed E-state index contributed by atoms with van der Waals surface area (Å²) in [6.07, 6.45) is 0. The number of carbonyl (C=O) groups is 1. The van der Waals surface area contributed by atoms with E-state index in [1.54, 1.807) is 24.3 Å². The average molecular weight is 393 g/mol. The zero-order chi connectivity index (χ0) is 11.5. The Hall–Kier alpha value is -0.820. The number of rotatable bonds is 2. The number of esters is 1. The van der Waals surface area contributed by atoms with Crippen molar-refractivity contribution in [2.75, 3.05) is 0 Å². The van der Waals surface area contributed by atoms with E-state index in [1.807, 2.05) is 12.1 Å². The minimum absolute atomic E-state index is 0.172. The van der Waals surface area contributed by atoms with Gasteiger partial charge in [0.05, 0.1) is 0 Å². The lowest BCUT2D eigenvalue weighted by Gasteiger charge is -2.01. The summed E-state index contributed by atoms with van der Waals surface area (Å²) in [6, 6.07) is 10.4. The van der Waals surface area contributed by atoms with Crippen LogP contribution in [0.5, 0.6) is 5.75 Å². The van der Waals surface area contributed by atoms with E-state index in [-0.39, 0.29) is 5.76 Å². The van der Waals surface area contributed by atoms with Crippen LogP contribution >= 0.6 is 38.5 Å². The van der Waals surface area contributed by atoms with Crippen molar-refractivity contribution >= 4 is 44.5 Å². The third kappa shape index (κ3) is 2.85. The third-order valence-corrected chi connectivity index (χ3v) is 2.94. The van der Waals surface area contributed by atoms with Gasteiger partial charge in [-0.05, 0) is 74.9 Å². The summed E-state index contributed by atoms with van der Waals surface area (Å²) in [4.78, 5) is 11.6. The standard InChI is InChI=1S/C11H6BrIO3/c12-10-6-5-9(16-10)11(14)15-8-3-1-7(13)2-4-8/h1-6H. The van der Waals surface area contributed by atoms with Crippen LogP contribution in [0.1, 0.15) is 10.6 Å². The molecule has 0 atom stereocenters. The fourth-order valence-corrected chi connectivity index (χ4v) is 1.75. The first-order chi connectivity index (χ1) is 7.65. The number of carbonyl (C=O) groups excluding carboxylic acids is 1. The first kappa shape index (κ1) is 11.7. The third-order valence-electron chi connectivity index (χ3n) is 1.80. The predicted molar refractivity (Wildman–Crippen MR) is 70.5 cm³/mol. The molecule has 0 fully saturated rings. The quantitative estimate of drug-likeness (QED) is 0.442. The molecule has 1 heterocycles. The molecule has 16 heavy (non-hydrogen) atoms. The number of benzene rings is 1. The number of halogens is 2. The minimum Gasteiger partial charge on any atom is -0.442 e. The molecule has 0 aliphatic carbocycles. The van der Waals surface area contributed by atoms with Crippen LogP contribution < -0.4 is 4.74 Å². The van der Waals surface area contributed by atoms with E-state index in [0.29, 0.717) is 10.4 Å². The van der Waals surface area contributed by atoms with Crippen molar-refractivity contribution in [1.29, 1.82) is 0 Å². The maximum atomic E-state index is 11.6. The molecule has 0 saturated carbocycles. The van der Waals surface area contributed by atoms with Gasteiger partial charge in [0.1, 0.15) is 5.75 Å². The minimum atomic E-state index is -0.507. The summed E-state index contributed by atoms with van der Waals surface area (Å²) < 4.78 is 11.8. The lowest BCUT2D eigenvalue weighted by Crippen LogP contribution is -2.06. The Balaban J connectivity index is 2.10. The molecule has 0 aliphatic heterocycles. The van der Waals surface area contributed by atoms with Crippen molar-refractivity contribution in [1.82, 2.24) is 0 Å². The molecule has 0 aliphatic rings. The fourth-order valence-electron chi connectivity index (χ4n) is 1.08. The molecule has 82 valence electrons. The maximum Gasteiger partial charge on any atom is 0.379 e. The number of ether oxygens (including phenoxy) is 1. The molecule has 0 N–H and O–H groups in total. The predicted octanol–water partition coefficient (Wildman–Crippen LogP) is 3.87. The molecule has 0 radical (unpaired) electrons.